The molecule has 0 aromatic heterocycles. The molecule has 2 nitrogen and oxygen atoms in total. The highest BCUT2D eigenvalue weighted by Crippen LogP contribution is 2.16. The molecule has 0 bridgehead atoms. The number of hydrogen-bond donors (Lipinski definition) is 1. The van der Waals surface area contributed by atoms with Gasteiger partial charge in [-0.15, -0.1) is 0 Å². The van der Waals surface area contributed by atoms with Crippen molar-refractivity contribution in [1.82, 2.24) is 4.90 Å². The van der Waals surface area contributed by atoms with Crippen LogP contribution in [0, 0.1) is 19.7 Å². The second-order valence-corrected chi connectivity index (χ2v) is 6.29. The first-order chi connectivity index (χ1) is 11.0. The van der Waals surface area contributed by atoms with Gasteiger partial charge in [0.1, 0.15) is 5.82 Å². The third kappa shape index (κ3) is 5.45. The lowest BCUT2D eigenvalue weighted by atomic mass is 10.0. The Hall–Kier alpha value is -1.71. The van der Waals surface area contributed by atoms with Gasteiger partial charge in [0.25, 0.3) is 0 Å². The minimum Gasteiger partial charge on any atom is -0.392 e. The number of aliphatic hydroxyl groups is 1. The number of benzene rings is 2. The van der Waals surface area contributed by atoms with Crippen molar-refractivity contribution in [3.05, 3.63) is 70.5 Å². The number of rotatable bonds is 7. The highest BCUT2D eigenvalue weighted by Gasteiger charge is 2.13. The van der Waals surface area contributed by atoms with Gasteiger partial charge in [0.2, 0.25) is 0 Å². The van der Waals surface area contributed by atoms with Gasteiger partial charge in [-0.2, -0.15) is 0 Å². The molecule has 3 heteroatoms. The molecule has 1 atom stereocenters. The van der Waals surface area contributed by atoms with E-state index in [4.69, 9.17) is 0 Å². The zero-order chi connectivity index (χ0) is 16.8. The van der Waals surface area contributed by atoms with Crippen LogP contribution in [0.25, 0.3) is 0 Å². The Morgan fingerprint density at radius 3 is 2.35 bits per heavy atom. The van der Waals surface area contributed by atoms with Gasteiger partial charge in [-0.05, 0) is 49.1 Å². The third-order valence-electron chi connectivity index (χ3n) is 4.15. The quantitative estimate of drug-likeness (QED) is 0.827. The molecule has 0 heterocycles. The topological polar surface area (TPSA) is 23.5 Å². The van der Waals surface area contributed by atoms with E-state index < -0.39 is 0 Å². The molecule has 0 amide bonds. The molecule has 0 aliphatic carbocycles. The lowest BCUT2D eigenvalue weighted by molar-refractivity contribution is 0.101. The van der Waals surface area contributed by atoms with Crippen LogP contribution in [0.15, 0.2) is 42.5 Å². The summed E-state index contributed by atoms with van der Waals surface area (Å²) in [6, 6.07) is 13.0. The number of aliphatic hydroxyl groups excluding tert-OH is 1. The van der Waals surface area contributed by atoms with Gasteiger partial charge in [0.15, 0.2) is 0 Å². The highest BCUT2D eigenvalue weighted by molar-refractivity contribution is 5.30. The summed E-state index contributed by atoms with van der Waals surface area (Å²) in [5, 5.41) is 10.0. The van der Waals surface area contributed by atoms with Crippen molar-refractivity contribution in [2.24, 2.45) is 0 Å². The van der Waals surface area contributed by atoms with E-state index in [9.17, 15) is 9.50 Å². The van der Waals surface area contributed by atoms with E-state index in [1.165, 1.54) is 28.8 Å². The molecule has 0 unspecified atom stereocenters. The van der Waals surface area contributed by atoms with Gasteiger partial charge in [-0.25, -0.2) is 4.39 Å². The van der Waals surface area contributed by atoms with E-state index in [1.54, 1.807) is 0 Å². The number of halogens is 1. The van der Waals surface area contributed by atoms with E-state index in [0.29, 0.717) is 13.1 Å². The van der Waals surface area contributed by atoms with Crippen LogP contribution in [-0.2, 0) is 13.1 Å². The first kappa shape index (κ1) is 17.6. The summed E-state index contributed by atoms with van der Waals surface area (Å²) in [5.41, 5.74) is 4.84. The Kier molecular flexibility index (Phi) is 6.31. The molecular formula is C20H26FNO. The van der Waals surface area contributed by atoms with E-state index in [2.05, 4.69) is 36.9 Å². The van der Waals surface area contributed by atoms with Crippen LogP contribution in [0.3, 0.4) is 0 Å². The largest absolute Gasteiger partial charge is 0.392 e. The summed E-state index contributed by atoms with van der Waals surface area (Å²) in [7, 11) is 0. The molecule has 0 radical (unpaired) electrons. The molecule has 124 valence electrons. The van der Waals surface area contributed by atoms with E-state index in [-0.39, 0.29) is 11.9 Å². The molecule has 2 rings (SSSR count). The molecule has 0 saturated heterocycles. The number of nitrogens with zero attached hydrogens (tertiary/aromatic N) is 1. The first-order valence-electron chi connectivity index (χ1n) is 8.19. The van der Waals surface area contributed by atoms with Gasteiger partial charge in [-0.1, -0.05) is 42.8 Å². The maximum atomic E-state index is 13.1. The van der Waals surface area contributed by atoms with Crippen molar-refractivity contribution >= 4 is 0 Å². The molecule has 1 N–H and O–H groups in total. The standard InChI is InChI=1S/C20H26FNO/c1-4-20(23)14-22(12-17-6-9-19(21)10-7-17)13-18-8-5-15(2)11-16(18)3/h5-11,20,23H,4,12-14H2,1-3H3/t20-/m1/s1. The van der Waals surface area contributed by atoms with Crippen LogP contribution in [-0.4, -0.2) is 22.7 Å². The molecule has 2 aromatic carbocycles. The molecular weight excluding hydrogens is 289 g/mol. The summed E-state index contributed by atoms with van der Waals surface area (Å²) < 4.78 is 13.1. The monoisotopic (exact) mass is 315 g/mol. The molecule has 0 aliphatic rings. The Balaban J connectivity index is 2.14. The van der Waals surface area contributed by atoms with Gasteiger partial charge >= 0.3 is 0 Å². The van der Waals surface area contributed by atoms with Crippen LogP contribution in [0.2, 0.25) is 0 Å². The van der Waals surface area contributed by atoms with Crippen LogP contribution in [0.5, 0.6) is 0 Å². The number of hydrogen-bond acceptors (Lipinski definition) is 2. The summed E-state index contributed by atoms with van der Waals surface area (Å²) in [6.45, 7) is 8.28. The molecule has 2 aromatic rings. The van der Waals surface area contributed by atoms with Crippen molar-refractivity contribution in [2.45, 2.75) is 46.4 Å². The average Bonchev–Trinajstić information content (AvgIpc) is 2.52. The summed E-state index contributed by atoms with van der Waals surface area (Å²) in [4.78, 5) is 2.22. The SMILES string of the molecule is CC[C@@H](O)CN(Cc1ccc(F)cc1)Cc1ccc(C)cc1C. The number of aryl methyl sites for hydroxylation is 2. The fraction of sp³-hybridized carbons (Fsp3) is 0.400. The van der Waals surface area contributed by atoms with Crippen LogP contribution in [0.1, 0.15) is 35.6 Å². The van der Waals surface area contributed by atoms with Crippen LogP contribution in [0.4, 0.5) is 4.39 Å². The van der Waals surface area contributed by atoms with Crippen molar-refractivity contribution in [3.63, 3.8) is 0 Å². The van der Waals surface area contributed by atoms with Gasteiger partial charge in [-0.3, -0.25) is 4.90 Å². The predicted molar refractivity (Wildman–Crippen MR) is 92.7 cm³/mol. The van der Waals surface area contributed by atoms with E-state index >= 15 is 0 Å². The lowest BCUT2D eigenvalue weighted by Gasteiger charge is -2.25. The molecule has 0 fully saturated rings. The summed E-state index contributed by atoms with van der Waals surface area (Å²) in [6.07, 6.45) is 0.383. The van der Waals surface area contributed by atoms with Crippen molar-refractivity contribution in [2.75, 3.05) is 6.54 Å². The van der Waals surface area contributed by atoms with Crippen molar-refractivity contribution in [1.29, 1.82) is 0 Å². The second-order valence-electron chi connectivity index (χ2n) is 6.29. The normalized spacial score (nSPS) is 12.6. The predicted octanol–water partition coefficient (Wildman–Crippen LogP) is 4.22. The highest BCUT2D eigenvalue weighted by atomic mass is 19.1. The van der Waals surface area contributed by atoms with Gasteiger partial charge in [0, 0.05) is 19.6 Å². The van der Waals surface area contributed by atoms with Crippen LogP contribution < -0.4 is 0 Å². The fourth-order valence-electron chi connectivity index (χ4n) is 2.72. The smallest absolute Gasteiger partial charge is 0.123 e. The van der Waals surface area contributed by atoms with E-state index in [0.717, 1.165) is 18.5 Å². The minimum atomic E-state index is -0.346. The Bertz CT molecular complexity index is 624. The third-order valence-corrected chi connectivity index (χ3v) is 4.15. The molecule has 0 aliphatic heterocycles. The average molecular weight is 315 g/mol. The van der Waals surface area contributed by atoms with Gasteiger partial charge < -0.3 is 5.11 Å². The molecule has 0 spiro atoms. The van der Waals surface area contributed by atoms with Crippen molar-refractivity contribution in [3.8, 4) is 0 Å². The second kappa shape index (κ2) is 8.23. The summed E-state index contributed by atoms with van der Waals surface area (Å²) >= 11 is 0. The lowest BCUT2D eigenvalue weighted by Crippen LogP contribution is -2.31. The Morgan fingerprint density at radius 1 is 1.04 bits per heavy atom. The maximum absolute atomic E-state index is 13.1. The zero-order valence-electron chi connectivity index (χ0n) is 14.2. The van der Waals surface area contributed by atoms with Gasteiger partial charge in [0.05, 0.1) is 6.10 Å². The fourth-order valence-corrected chi connectivity index (χ4v) is 2.72. The van der Waals surface area contributed by atoms with Crippen LogP contribution >= 0.6 is 0 Å². The molecule has 23 heavy (non-hydrogen) atoms. The minimum absolute atomic E-state index is 0.219. The van der Waals surface area contributed by atoms with E-state index in [1.807, 2.05) is 19.1 Å². The zero-order valence-corrected chi connectivity index (χ0v) is 14.2. The molecule has 0 saturated carbocycles. The Labute approximate surface area is 138 Å². The van der Waals surface area contributed by atoms with Crippen molar-refractivity contribution < 1.29 is 9.50 Å². The summed E-state index contributed by atoms with van der Waals surface area (Å²) in [5.74, 6) is -0.219. The Morgan fingerprint density at radius 2 is 1.74 bits per heavy atom. The first-order valence-corrected chi connectivity index (χ1v) is 8.19. The maximum Gasteiger partial charge on any atom is 0.123 e.